The summed E-state index contributed by atoms with van der Waals surface area (Å²) in [7, 11) is 1.63. The smallest absolute Gasteiger partial charge is 0.135 e. The average Bonchev–Trinajstić information content (AvgIpc) is 2.47. The van der Waals surface area contributed by atoms with Gasteiger partial charge in [0.25, 0.3) is 0 Å². The number of fused-ring (bicyclic) bond motifs is 1. The molecule has 0 fully saturated rings. The Labute approximate surface area is 91.7 Å². The molecule has 0 bridgehead atoms. The van der Waals surface area contributed by atoms with E-state index in [1.165, 1.54) is 0 Å². The number of aromatic nitrogens is 2. The van der Waals surface area contributed by atoms with Crippen molar-refractivity contribution in [2.24, 2.45) is 0 Å². The van der Waals surface area contributed by atoms with Gasteiger partial charge in [0.05, 0.1) is 17.1 Å². The van der Waals surface area contributed by atoms with Gasteiger partial charge in [0.2, 0.25) is 0 Å². The summed E-state index contributed by atoms with van der Waals surface area (Å²) in [6.07, 6.45) is 0. The first kappa shape index (κ1) is 9.02. The quantitative estimate of drug-likeness (QED) is 0.879. The van der Waals surface area contributed by atoms with Crippen molar-refractivity contribution in [3.63, 3.8) is 0 Å². The zero-order valence-corrected chi connectivity index (χ0v) is 9.94. The van der Waals surface area contributed by atoms with E-state index < -0.39 is 0 Å². The standard InChI is InChI=1S/C8H6Br2N2O/c1-13-7-3-6-4(2-5(7)9)8(10)12-11-6/h2-3H,1H3,(H,11,12). The predicted molar refractivity (Wildman–Crippen MR) is 58.0 cm³/mol. The fourth-order valence-corrected chi connectivity index (χ4v) is 2.05. The number of H-pyrrole nitrogens is 1. The van der Waals surface area contributed by atoms with Crippen molar-refractivity contribution in [1.29, 1.82) is 0 Å². The molecular weight excluding hydrogens is 300 g/mol. The fourth-order valence-electron chi connectivity index (χ4n) is 1.14. The van der Waals surface area contributed by atoms with Crippen molar-refractivity contribution in [3.8, 4) is 5.75 Å². The van der Waals surface area contributed by atoms with Gasteiger partial charge >= 0.3 is 0 Å². The number of benzene rings is 1. The molecule has 68 valence electrons. The number of ether oxygens (including phenoxy) is 1. The molecule has 3 nitrogen and oxygen atoms in total. The average molecular weight is 306 g/mol. The first-order chi connectivity index (χ1) is 6.22. The van der Waals surface area contributed by atoms with Crippen molar-refractivity contribution in [2.45, 2.75) is 0 Å². The molecule has 0 unspecified atom stereocenters. The second kappa shape index (κ2) is 3.31. The largest absolute Gasteiger partial charge is 0.495 e. The van der Waals surface area contributed by atoms with Crippen LogP contribution in [0.1, 0.15) is 0 Å². The molecular formula is C8H6Br2N2O. The van der Waals surface area contributed by atoms with Crippen LogP contribution >= 0.6 is 31.9 Å². The van der Waals surface area contributed by atoms with Crippen molar-refractivity contribution in [3.05, 3.63) is 21.2 Å². The summed E-state index contributed by atoms with van der Waals surface area (Å²) in [5, 5.41) is 7.98. The molecule has 1 heterocycles. The number of rotatable bonds is 1. The minimum Gasteiger partial charge on any atom is -0.495 e. The normalized spacial score (nSPS) is 10.7. The molecule has 0 radical (unpaired) electrons. The maximum Gasteiger partial charge on any atom is 0.135 e. The molecule has 13 heavy (non-hydrogen) atoms. The van der Waals surface area contributed by atoms with Gasteiger partial charge in [-0.25, -0.2) is 0 Å². The molecule has 2 rings (SSSR count). The maximum atomic E-state index is 5.15. The van der Waals surface area contributed by atoms with E-state index in [2.05, 4.69) is 42.1 Å². The topological polar surface area (TPSA) is 37.9 Å². The summed E-state index contributed by atoms with van der Waals surface area (Å²) < 4.78 is 6.95. The van der Waals surface area contributed by atoms with E-state index in [0.29, 0.717) is 0 Å². The van der Waals surface area contributed by atoms with E-state index in [9.17, 15) is 0 Å². The van der Waals surface area contributed by atoms with Crippen LogP contribution in [0.15, 0.2) is 21.2 Å². The fraction of sp³-hybridized carbons (Fsp3) is 0.125. The molecule has 2 aromatic rings. The summed E-state index contributed by atoms with van der Waals surface area (Å²) >= 11 is 6.78. The molecule has 1 N–H and O–H groups in total. The van der Waals surface area contributed by atoms with Crippen LogP contribution in [0.2, 0.25) is 0 Å². The van der Waals surface area contributed by atoms with Crippen molar-refractivity contribution in [2.75, 3.05) is 7.11 Å². The van der Waals surface area contributed by atoms with Gasteiger partial charge in [-0.15, -0.1) is 0 Å². The second-order valence-corrected chi connectivity index (χ2v) is 4.19. The molecule has 5 heteroatoms. The van der Waals surface area contributed by atoms with Crippen LogP contribution in [0, 0.1) is 0 Å². The Morgan fingerprint density at radius 1 is 1.38 bits per heavy atom. The molecule has 0 spiro atoms. The lowest BCUT2D eigenvalue weighted by atomic mass is 10.2. The molecule has 0 aliphatic carbocycles. The minimum absolute atomic E-state index is 0.784. The summed E-state index contributed by atoms with van der Waals surface area (Å²) in [5.41, 5.74) is 0.881. The van der Waals surface area contributed by atoms with E-state index in [1.54, 1.807) is 7.11 Å². The van der Waals surface area contributed by atoms with E-state index in [4.69, 9.17) is 4.74 Å². The number of methoxy groups -OCH3 is 1. The predicted octanol–water partition coefficient (Wildman–Crippen LogP) is 3.10. The van der Waals surface area contributed by atoms with Crippen molar-refractivity contribution >= 4 is 42.8 Å². The highest BCUT2D eigenvalue weighted by molar-refractivity contribution is 9.11. The van der Waals surface area contributed by atoms with Crippen LogP contribution in [0.25, 0.3) is 10.9 Å². The van der Waals surface area contributed by atoms with E-state index in [1.807, 2.05) is 12.1 Å². The second-order valence-electron chi connectivity index (χ2n) is 2.54. The van der Waals surface area contributed by atoms with Crippen LogP contribution in [0.3, 0.4) is 0 Å². The van der Waals surface area contributed by atoms with Gasteiger partial charge in [-0.1, -0.05) is 0 Å². The molecule has 0 saturated carbocycles. The number of halogens is 2. The third-order valence-corrected chi connectivity index (χ3v) is 3.01. The highest BCUT2D eigenvalue weighted by Crippen LogP contribution is 2.32. The van der Waals surface area contributed by atoms with Crippen LogP contribution in [0.5, 0.6) is 5.75 Å². The Bertz CT molecular complexity index is 453. The number of nitrogens with one attached hydrogen (secondary N) is 1. The van der Waals surface area contributed by atoms with Gasteiger partial charge < -0.3 is 4.74 Å². The summed E-state index contributed by atoms with van der Waals surface area (Å²) in [5.74, 6) is 0.784. The number of nitrogens with zero attached hydrogens (tertiary/aromatic N) is 1. The molecule has 1 aromatic heterocycles. The van der Waals surface area contributed by atoms with Crippen molar-refractivity contribution < 1.29 is 4.74 Å². The van der Waals surface area contributed by atoms with Crippen LogP contribution < -0.4 is 4.74 Å². The first-order valence-electron chi connectivity index (χ1n) is 3.59. The lowest BCUT2D eigenvalue weighted by molar-refractivity contribution is 0.412. The monoisotopic (exact) mass is 304 g/mol. The number of hydrogen-bond acceptors (Lipinski definition) is 2. The summed E-state index contributed by atoms with van der Waals surface area (Å²) in [6, 6.07) is 3.84. The summed E-state index contributed by atoms with van der Waals surface area (Å²) in [4.78, 5) is 0. The van der Waals surface area contributed by atoms with Crippen LogP contribution in [0.4, 0.5) is 0 Å². The summed E-state index contributed by atoms with van der Waals surface area (Å²) in [6.45, 7) is 0. The highest BCUT2D eigenvalue weighted by Gasteiger charge is 2.07. The van der Waals surface area contributed by atoms with Gasteiger partial charge in [-0.05, 0) is 37.9 Å². The lowest BCUT2D eigenvalue weighted by Crippen LogP contribution is -1.83. The first-order valence-corrected chi connectivity index (χ1v) is 5.18. The Kier molecular flexibility index (Phi) is 2.29. The third-order valence-electron chi connectivity index (χ3n) is 1.78. The third kappa shape index (κ3) is 1.46. The maximum absolute atomic E-state index is 5.15. The zero-order valence-electron chi connectivity index (χ0n) is 6.77. The minimum atomic E-state index is 0.784. The Hall–Kier alpha value is -0.550. The van der Waals surface area contributed by atoms with Gasteiger partial charge in [0, 0.05) is 11.5 Å². The molecule has 1 aromatic carbocycles. The van der Waals surface area contributed by atoms with E-state index >= 15 is 0 Å². The van der Waals surface area contributed by atoms with E-state index in [-0.39, 0.29) is 0 Å². The Morgan fingerprint density at radius 2 is 2.15 bits per heavy atom. The molecule has 0 amide bonds. The Balaban J connectivity index is 2.76. The molecule has 0 atom stereocenters. The number of aromatic amines is 1. The van der Waals surface area contributed by atoms with Crippen LogP contribution in [-0.2, 0) is 0 Å². The zero-order chi connectivity index (χ0) is 9.42. The SMILES string of the molecule is COc1cc2n[nH]c(Br)c2cc1Br. The van der Waals surface area contributed by atoms with Gasteiger partial charge in [-0.2, -0.15) is 5.10 Å². The van der Waals surface area contributed by atoms with E-state index in [0.717, 1.165) is 25.7 Å². The van der Waals surface area contributed by atoms with Gasteiger partial charge in [-0.3, -0.25) is 5.10 Å². The lowest BCUT2D eigenvalue weighted by Gasteiger charge is -2.01. The number of hydrogen-bond donors (Lipinski definition) is 1. The molecule has 0 aliphatic heterocycles. The van der Waals surface area contributed by atoms with Gasteiger partial charge in [0.15, 0.2) is 0 Å². The Morgan fingerprint density at radius 3 is 2.85 bits per heavy atom. The molecule has 0 aliphatic rings. The van der Waals surface area contributed by atoms with Crippen molar-refractivity contribution in [1.82, 2.24) is 10.2 Å². The van der Waals surface area contributed by atoms with Gasteiger partial charge in [0.1, 0.15) is 10.4 Å². The molecule has 0 saturated heterocycles. The van der Waals surface area contributed by atoms with Crippen LogP contribution in [-0.4, -0.2) is 17.3 Å². The highest BCUT2D eigenvalue weighted by atomic mass is 79.9.